The minimum absolute atomic E-state index is 0.768. The molecule has 3 nitrogen and oxygen atoms in total. The van der Waals surface area contributed by atoms with Gasteiger partial charge < -0.3 is 14.2 Å². The van der Waals surface area contributed by atoms with Gasteiger partial charge in [0.1, 0.15) is 11.5 Å². The average molecular weight is 317 g/mol. The SMILES string of the molecule is Ic1ccc(CNCCc2ccco2)o1. The van der Waals surface area contributed by atoms with Gasteiger partial charge in [0, 0.05) is 13.0 Å². The zero-order valence-electron chi connectivity index (χ0n) is 8.20. The van der Waals surface area contributed by atoms with E-state index in [-0.39, 0.29) is 0 Å². The lowest BCUT2D eigenvalue weighted by Crippen LogP contribution is -2.15. The average Bonchev–Trinajstić information content (AvgIpc) is 2.84. The largest absolute Gasteiger partial charge is 0.469 e. The number of nitrogens with one attached hydrogen (secondary N) is 1. The first-order valence-electron chi connectivity index (χ1n) is 4.82. The van der Waals surface area contributed by atoms with Gasteiger partial charge in [-0.3, -0.25) is 0 Å². The third-order valence-electron chi connectivity index (χ3n) is 2.06. The van der Waals surface area contributed by atoms with Gasteiger partial charge in [-0.1, -0.05) is 0 Å². The highest BCUT2D eigenvalue weighted by Crippen LogP contribution is 2.09. The molecule has 2 aromatic heterocycles. The first kappa shape index (κ1) is 10.8. The van der Waals surface area contributed by atoms with E-state index < -0.39 is 0 Å². The first-order valence-corrected chi connectivity index (χ1v) is 5.90. The highest BCUT2D eigenvalue weighted by molar-refractivity contribution is 14.1. The summed E-state index contributed by atoms with van der Waals surface area (Å²) < 4.78 is 11.6. The van der Waals surface area contributed by atoms with Crippen molar-refractivity contribution in [2.45, 2.75) is 13.0 Å². The quantitative estimate of drug-likeness (QED) is 0.681. The smallest absolute Gasteiger partial charge is 0.164 e. The molecule has 1 N–H and O–H groups in total. The van der Waals surface area contributed by atoms with Crippen molar-refractivity contribution in [2.75, 3.05) is 6.54 Å². The molecule has 0 bridgehead atoms. The molecule has 4 heteroatoms. The van der Waals surface area contributed by atoms with Crippen LogP contribution in [-0.4, -0.2) is 6.54 Å². The summed E-state index contributed by atoms with van der Waals surface area (Å²) in [5, 5.41) is 3.30. The van der Waals surface area contributed by atoms with E-state index in [4.69, 9.17) is 8.83 Å². The van der Waals surface area contributed by atoms with Crippen molar-refractivity contribution in [1.29, 1.82) is 0 Å². The van der Waals surface area contributed by atoms with Crippen LogP contribution in [0.2, 0.25) is 0 Å². The normalized spacial score (nSPS) is 10.7. The number of hydrogen-bond donors (Lipinski definition) is 1. The van der Waals surface area contributed by atoms with E-state index in [0.717, 1.165) is 34.8 Å². The molecule has 0 spiro atoms. The predicted octanol–water partition coefficient (Wildman–Crippen LogP) is 2.81. The van der Waals surface area contributed by atoms with Crippen LogP contribution in [0, 0.1) is 3.77 Å². The van der Waals surface area contributed by atoms with Crippen LogP contribution in [0.4, 0.5) is 0 Å². The van der Waals surface area contributed by atoms with Crippen LogP contribution in [0.1, 0.15) is 11.5 Å². The van der Waals surface area contributed by atoms with Crippen LogP contribution in [0.5, 0.6) is 0 Å². The van der Waals surface area contributed by atoms with Gasteiger partial charge in [-0.25, -0.2) is 0 Å². The molecular weight excluding hydrogens is 305 g/mol. The van der Waals surface area contributed by atoms with Gasteiger partial charge in [-0.05, 0) is 46.9 Å². The monoisotopic (exact) mass is 317 g/mol. The zero-order chi connectivity index (χ0) is 10.5. The Hall–Kier alpha value is -0.750. The molecule has 2 aromatic rings. The maximum absolute atomic E-state index is 5.42. The second kappa shape index (κ2) is 5.37. The van der Waals surface area contributed by atoms with Gasteiger partial charge in [-0.15, -0.1) is 0 Å². The van der Waals surface area contributed by atoms with Crippen molar-refractivity contribution >= 4 is 22.6 Å². The molecule has 15 heavy (non-hydrogen) atoms. The highest BCUT2D eigenvalue weighted by Gasteiger charge is 1.99. The third kappa shape index (κ3) is 3.39. The third-order valence-corrected chi connectivity index (χ3v) is 2.64. The van der Waals surface area contributed by atoms with Crippen LogP contribution in [0.3, 0.4) is 0 Å². The van der Waals surface area contributed by atoms with Crippen molar-refractivity contribution in [1.82, 2.24) is 5.32 Å². The summed E-state index contributed by atoms with van der Waals surface area (Å²) in [5.74, 6) is 1.98. The fourth-order valence-electron chi connectivity index (χ4n) is 1.32. The molecule has 0 fully saturated rings. The Kier molecular flexibility index (Phi) is 3.85. The highest BCUT2D eigenvalue weighted by atomic mass is 127. The lowest BCUT2D eigenvalue weighted by atomic mass is 10.3. The van der Waals surface area contributed by atoms with Crippen LogP contribution in [0.25, 0.3) is 0 Å². The van der Waals surface area contributed by atoms with Gasteiger partial charge in [-0.2, -0.15) is 0 Å². The Morgan fingerprint density at radius 2 is 2.13 bits per heavy atom. The number of hydrogen-bond acceptors (Lipinski definition) is 3. The molecule has 0 amide bonds. The number of furan rings is 2. The summed E-state index contributed by atoms with van der Waals surface area (Å²) in [5.41, 5.74) is 0. The molecule has 0 aromatic carbocycles. The molecule has 0 radical (unpaired) electrons. The van der Waals surface area contributed by atoms with Crippen molar-refractivity contribution < 1.29 is 8.83 Å². The van der Waals surface area contributed by atoms with E-state index in [2.05, 4.69) is 27.9 Å². The summed E-state index contributed by atoms with van der Waals surface area (Å²) in [4.78, 5) is 0. The summed E-state index contributed by atoms with van der Waals surface area (Å²) in [6.07, 6.45) is 2.61. The molecule has 0 aliphatic rings. The van der Waals surface area contributed by atoms with E-state index in [1.54, 1.807) is 6.26 Å². The molecule has 0 saturated carbocycles. The standard InChI is InChI=1S/C11H12INO2/c12-11-4-3-10(15-11)8-13-6-5-9-2-1-7-14-9/h1-4,7,13H,5-6,8H2. The van der Waals surface area contributed by atoms with E-state index in [1.165, 1.54) is 0 Å². The molecular formula is C11H12INO2. The molecule has 0 aliphatic carbocycles. The summed E-state index contributed by atoms with van der Waals surface area (Å²) >= 11 is 2.16. The maximum Gasteiger partial charge on any atom is 0.164 e. The van der Waals surface area contributed by atoms with Crippen LogP contribution in [-0.2, 0) is 13.0 Å². The number of halogens is 1. The van der Waals surface area contributed by atoms with Crippen LogP contribution >= 0.6 is 22.6 Å². The van der Waals surface area contributed by atoms with E-state index in [9.17, 15) is 0 Å². The number of rotatable bonds is 5. The van der Waals surface area contributed by atoms with Crippen molar-refractivity contribution in [3.63, 3.8) is 0 Å². The Bertz CT molecular complexity index is 394. The van der Waals surface area contributed by atoms with Gasteiger partial charge in [0.05, 0.1) is 12.8 Å². The lowest BCUT2D eigenvalue weighted by molar-refractivity contribution is 0.455. The zero-order valence-corrected chi connectivity index (χ0v) is 10.4. The van der Waals surface area contributed by atoms with Crippen LogP contribution in [0.15, 0.2) is 39.4 Å². The first-order chi connectivity index (χ1) is 7.34. The summed E-state index contributed by atoms with van der Waals surface area (Å²) in [7, 11) is 0. The maximum atomic E-state index is 5.42. The molecule has 0 atom stereocenters. The lowest BCUT2D eigenvalue weighted by Gasteiger charge is -2.00. The molecule has 80 valence electrons. The van der Waals surface area contributed by atoms with Crippen LogP contribution < -0.4 is 5.32 Å². The van der Waals surface area contributed by atoms with E-state index in [1.807, 2.05) is 24.3 Å². The topological polar surface area (TPSA) is 38.3 Å². The fourth-order valence-corrected chi connectivity index (χ4v) is 1.79. The second-order valence-electron chi connectivity index (χ2n) is 3.21. The van der Waals surface area contributed by atoms with Crippen molar-refractivity contribution in [3.8, 4) is 0 Å². The van der Waals surface area contributed by atoms with Crippen molar-refractivity contribution in [3.05, 3.63) is 45.8 Å². The van der Waals surface area contributed by atoms with Gasteiger partial charge in [0.25, 0.3) is 0 Å². The molecule has 2 rings (SSSR count). The Balaban J connectivity index is 1.67. The van der Waals surface area contributed by atoms with Gasteiger partial charge in [0.2, 0.25) is 0 Å². The van der Waals surface area contributed by atoms with E-state index in [0.29, 0.717) is 0 Å². The molecule has 0 saturated heterocycles. The predicted molar refractivity (Wildman–Crippen MR) is 65.5 cm³/mol. The second-order valence-corrected chi connectivity index (χ2v) is 4.28. The molecule has 0 aliphatic heterocycles. The van der Waals surface area contributed by atoms with E-state index >= 15 is 0 Å². The van der Waals surface area contributed by atoms with Crippen molar-refractivity contribution in [2.24, 2.45) is 0 Å². The molecule has 2 heterocycles. The van der Waals surface area contributed by atoms with Gasteiger partial charge >= 0.3 is 0 Å². The Morgan fingerprint density at radius 3 is 2.80 bits per heavy atom. The summed E-state index contributed by atoms with van der Waals surface area (Å²) in [6.45, 7) is 1.66. The fraction of sp³-hybridized carbons (Fsp3) is 0.273. The minimum Gasteiger partial charge on any atom is -0.469 e. The Morgan fingerprint density at radius 1 is 1.20 bits per heavy atom. The Labute approximate surface area is 102 Å². The summed E-state index contributed by atoms with van der Waals surface area (Å²) in [6, 6.07) is 7.84. The van der Waals surface area contributed by atoms with Gasteiger partial charge in [0.15, 0.2) is 3.77 Å². The molecule has 0 unspecified atom stereocenters. The minimum atomic E-state index is 0.768.